The van der Waals surface area contributed by atoms with E-state index in [1.165, 1.54) is 6.08 Å². The van der Waals surface area contributed by atoms with Crippen molar-refractivity contribution in [2.75, 3.05) is 6.61 Å². The number of nitrogens with one attached hydrogen (secondary N) is 1. The highest BCUT2D eigenvalue weighted by Crippen LogP contribution is 2.14. The van der Waals surface area contributed by atoms with Crippen LogP contribution in [0.5, 0.6) is 0 Å². The minimum Gasteiger partial charge on any atom is -0.450 e. The molecule has 1 aromatic rings. The highest BCUT2D eigenvalue weighted by atomic mass is 79.9. The Bertz CT molecular complexity index is 387. The van der Waals surface area contributed by atoms with Gasteiger partial charge in [0.15, 0.2) is 4.67 Å². The van der Waals surface area contributed by atoms with E-state index in [9.17, 15) is 4.79 Å². The normalized spacial score (nSPS) is 12.9. The molecule has 1 amide bonds. The van der Waals surface area contributed by atoms with Crippen LogP contribution >= 0.6 is 15.9 Å². The second-order valence-corrected chi connectivity index (χ2v) is 4.38. The van der Waals surface area contributed by atoms with Crippen LogP contribution in [0, 0.1) is 0 Å². The van der Waals surface area contributed by atoms with E-state index in [1.54, 1.807) is 18.2 Å². The largest absolute Gasteiger partial charge is 0.450 e. The lowest BCUT2D eigenvalue weighted by Gasteiger charge is -2.13. The summed E-state index contributed by atoms with van der Waals surface area (Å²) >= 11 is 3.18. The van der Waals surface area contributed by atoms with Gasteiger partial charge < -0.3 is 14.8 Å². The van der Waals surface area contributed by atoms with Crippen molar-refractivity contribution in [2.45, 2.75) is 25.8 Å². The fourth-order valence-corrected chi connectivity index (χ4v) is 1.68. The molecule has 1 aromatic heterocycles. The van der Waals surface area contributed by atoms with Gasteiger partial charge in [0, 0.05) is 18.7 Å². The van der Waals surface area contributed by atoms with Crippen LogP contribution in [0.3, 0.4) is 0 Å². The summed E-state index contributed by atoms with van der Waals surface area (Å²) in [4.78, 5) is 11.5. The van der Waals surface area contributed by atoms with Gasteiger partial charge in [0.1, 0.15) is 5.76 Å². The number of halogens is 1. The maximum atomic E-state index is 11.5. The zero-order valence-electron chi connectivity index (χ0n) is 9.65. The minimum absolute atomic E-state index is 0.0143. The summed E-state index contributed by atoms with van der Waals surface area (Å²) in [5.41, 5.74) is 0. The molecule has 0 aliphatic carbocycles. The van der Waals surface area contributed by atoms with E-state index in [4.69, 9.17) is 9.52 Å². The molecule has 94 valence electrons. The van der Waals surface area contributed by atoms with Crippen molar-refractivity contribution < 1.29 is 14.3 Å². The van der Waals surface area contributed by atoms with Crippen molar-refractivity contribution in [1.82, 2.24) is 5.32 Å². The number of amides is 1. The highest BCUT2D eigenvalue weighted by molar-refractivity contribution is 9.10. The number of aliphatic hydroxyl groups is 1. The lowest BCUT2D eigenvalue weighted by atomic mass is 10.1. The van der Waals surface area contributed by atoms with Crippen LogP contribution in [0.15, 0.2) is 27.3 Å². The van der Waals surface area contributed by atoms with E-state index < -0.39 is 0 Å². The van der Waals surface area contributed by atoms with E-state index in [2.05, 4.69) is 21.2 Å². The van der Waals surface area contributed by atoms with E-state index in [0.717, 1.165) is 6.42 Å². The minimum atomic E-state index is -0.183. The van der Waals surface area contributed by atoms with Crippen LogP contribution < -0.4 is 5.32 Å². The molecule has 0 saturated carbocycles. The Kier molecular flexibility index (Phi) is 6.00. The molecular formula is C12H16BrNO3. The maximum Gasteiger partial charge on any atom is 0.244 e. The first-order chi connectivity index (χ1) is 8.15. The molecule has 0 aromatic carbocycles. The summed E-state index contributed by atoms with van der Waals surface area (Å²) in [5, 5.41) is 11.6. The lowest BCUT2D eigenvalue weighted by molar-refractivity contribution is -0.117. The number of rotatable bonds is 6. The summed E-state index contributed by atoms with van der Waals surface area (Å²) in [6.07, 6.45) is 4.39. The zero-order chi connectivity index (χ0) is 12.7. The second-order valence-electron chi connectivity index (χ2n) is 3.60. The molecule has 0 saturated heterocycles. The molecule has 0 bridgehead atoms. The fraction of sp³-hybridized carbons (Fsp3) is 0.417. The number of hydrogen-bond acceptors (Lipinski definition) is 3. The molecule has 0 spiro atoms. The van der Waals surface area contributed by atoms with Gasteiger partial charge in [-0.05, 0) is 47.0 Å². The van der Waals surface area contributed by atoms with Crippen LogP contribution in [0.1, 0.15) is 25.5 Å². The summed E-state index contributed by atoms with van der Waals surface area (Å²) in [6.45, 7) is 2.04. The highest BCUT2D eigenvalue weighted by Gasteiger charge is 2.07. The number of carbonyl (C=O) groups is 1. The molecular weight excluding hydrogens is 286 g/mol. The van der Waals surface area contributed by atoms with Gasteiger partial charge in [-0.2, -0.15) is 0 Å². The standard InChI is InChI=1S/C12H16BrNO3/c1-2-9(7-8-15)14-12(16)6-4-10-3-5-11(13)17-10/h3-6,9,15H,2,7-8H2,1H3,(H,14,16)/b6-4+. The quantitative estimate of drug-likeness (QED) is 0.793. The predicted molar refractivity (Wildman–Crippen MR) is 69.4 cm³/mol. The first kappa shape index (κ1) is 14.0. The van der Waals surface area contributed by atoms with Gasteiger partial charge in [-0.25, -0.2) is 0 Å². The Morgan fingerprint density at radius 3 is 2.94 bits per heavy atom. The van der Waals surface area contributed by atoms with Crippen LogP contribution in [-0.2, 0) is 4.79 Å². The summed E-state index contributed by atoms with van der Waals surface area (Å²) in [7, 11) is 0. The van der Waals surface area contributed by atoms with E-state index >= 15 is 0 Å². The zero-order valence-corrected chi connectivity index (χ0v) is 11.2. The van der Waals surface area contributed by atoms with Crippen molar-refractivity contribution in [3.63, 3.8) is 0 Å². The van der Waals surface area contributed by atoms with Gasteiger partial charge in [-0.15, -0.1) is 0 Å². The molecule has 1 unspecified atom stereocenters. The van der Waals surface area contributed by atoms with Gasteiger partial charge in [0.25, 0.3) is 0 Å². The van der Waals surface area contributed by atoms with Crippen molar-refractivity contribution in [1.29, 1.82) is 0 Å². The van der Waals surface area contributed by atoms with Crippen LogP contribution in [0.25, 0.3) is 6.08 Å². The van der Waals surface area contributed by atoms with Gasteiger partial charge >= 0.3 is 0 Å². The van der Waals surface area contributed by atoms with Crippen LogP contribution in [0.4, 0.5) is 0 Å². The molecule has 2 N–H and O–H groups in total. The average molecular weight is 302 g/mol. The molecule has 4 nitrogen and oxygen atoms in total. The average Bonchev–Trinajstić information content (AvgIpc) is 2.72. The molecule has 1 heterocycles. The van der Waals surface area contributed by atoms with Gasteiger partial charge in [-0.1, -0.05) is 6.92 Å². The molecule has 0 aliphatic heterocycles. The molecule has 1 atom stereocenters. The smallest absolute Gasteiger partial charge is 0.244 e. The molecule has 17 heavy (non-hydrogen) atoms. The Morgan fingerprint density at radius 2 is 2.41 bits per heavy atom. The number of carbonyl (C=O) groups excluding carboxylic acids is 1. The van der Waals surface area contributed by atoms with Gasteiger partial charge in [0.2, 0.25) is 5.91 Å². The summed E-state index contributed by atoms with van der Waals surface area (Å²) < 4.78 is 5.85. The molecule has 0 fully saturated rings. The topological polar surface area (TPSA) is 62.5 Å². The second kappa shape index (κ2) is 7.29. The van der Waals surface area contributed by atoms with E-state index in [0.29, 0.717) is 16.9 Å². The maximum absolute atomic E-state index is 11.5. The van der Waals surface area contributed by atoms with Crippen molar-refractivity contribution in [2.24, 2.45) is 0 Å². The van der Waals surface area contributed by atoms with Crippen molar-refractivity contribution in [3.05, 3.63) is 28.6 Å². The Labute approximate surface area is 109 Å². The van der Waals surface area contributed by atoms with Gasteiger partial charge in [-0.3, -0.25) is 4.79 Å². The van der Waals surface area contributed by atoms with Crippen LogP contribution in [0.2, 0.25) is 0 Å². The number of furan rings is 1. The number of hydrogen-bond donors (Lipinski definition) is 2. The SMILES string of the molecule is CCC(CCO)NC(=O)/C=C/c1ccc(Br)o1. The Morgan fingerprint density at radius 1 is 1.65 bits per heavy atom. The molecule has 5 heteroatoms. The molecule has 1 rings (SSSR count). The predicted octanol–water partition coefficient (Wildman–Crippen LogP) is 2.33. The summed E-state index contributed by atoms with van der Waals surface area (Å²) in [6, 6.07) is 3.54. The van der Waals surface area contributed by atoms with E-state index in [1.807, 2.05) is 6.92 Å². The summed E-state index contributed by atoms with van der Waals surface area (Å²) in [5.74, 6) is 0.431. The van der Waals surface area contributed by atoms with Gasteiger partial charge in [0.05, 0.1) is 0 Å². The Hall–Kier alpha value is -1.07. The van der Waals surface area contributed by atoms with Crippen molar-refractivity contribution in [3.8, 4) is 0 Å². The van der Waals surface area contributed by atoms with Crippen molar-refractivity contribution >= 4 is 27.9 Å². The Balaban J connectivity index is 2.45. The third kappa shape index (κ3) is 5.19. The third-order valence-corrected chi connectivity index (χ3v) is 2.74. The number of aliphatic hydroxyl groups excluding tert-OH is 1. The lowest BCUT2D eigenvalue weighted by Crippen LogP contribution is -2.33. The first-order valence-corrected chi connectivity index (χ1v) is 6.29. The monoisotopic (exact) mass is 301 g/mol. The first-order valence-electron chi connectivity index (χ1n) is 5.50. The molecule has 0 aliphatic rings. The fourth-order valence-electron chi connectivity index (χ4n) is 1.36. The third-order valence-electron chi connectivity index (χ3n) is 2.31. The van der Waals surface area contributed by atoms with E-state index in [-0.39, 0.29) is 18.6 Å². The van der Waals surface area contributed by atoms with Crippen LogP contribution in [-0.4, -0.2) is 23.7 Å². The molecule has 0 radical (unpaired) electrons.